The number of halogens is 1. The van der Waals surface area contributed by atoms with Gasteiger partial charge in [0, 0.05) is 23.1 Å². The van der Waals surface area contributed by atoms with Crippen LogP contribution in [-0.4, -0.2) is 40.5 Å². The van der Waals surface area contributed by atoms with Gasteiger partial charge >= 0.3 is 0 Å². The number of rotatable bonds is 9. The van der Waals surface area contributed by atoms with E-state index in [9.17, 15) is 9.59 Å². The Morgan fingerprint density at radius 1 is 1.15 bits per heavy atom. The summed E-state index contributed by atoms with van der Waals surface area (Å²) in [4.78, 5) is 34.7. The molecule has 34 heavy (non-hydrogen) atoms. The molecule has 0 fully saturated rings. The van der Waals surface area contributed by atoms with Crippen LogP contribution in [0.3, 0.4) is 0 Å². The average molecular weight is 539 g/mol. The minimum Gasteiger partial charge on any atom is -0.327 e. The molecule has 0 saturated carbocycles. The normalized spacial score (nSPS) is 12.1. The number of nitrogens with one attached hydrogen (secondary N) is 1. The number of thiophene rings is 1. The fraction of sp³-hybridized carbons (Fsp3) is 0.269. The Labute approximate surface area is 211 Å². The Hall–Kier alpha value is -2.81. The molecule has 1 N–H and O–H groups in total. The number of likely N-dealkylation sites (N-methyl/N-ethyl adjacent to an activating group) is 1. The largest absolute Gasteiger partial charge is 0.327 e. The summed E-state index contributed by atoms with van der Waals surface area (Å²) < 4.78 is 2.65. The number of nitrogens with zero attached hydrogens (tertiary/aromatic N) is 3. The predicted molar refractivity (Wildman–Crippen MR) is 142 cm³/mol. The monoisotopic (exact) mass is 538 g/mol. The molecule has 0 bridgehead atoms. The highest BCUT2D eigenvalue weighted by atomic mass is 79.9. The van der Waals surface area contributed by atoms with Crippen molar-refractivity contribution < 1.29 is 4.79 Å². The molecule has 1 unspecified atom stereocenters. The van der Waals surface area contributed by atoms with Gasteiger partial charge in [-0.2, -0.15) is 0 Å². The summed E-state index contributed by atoms with van der Waals surface area (Å²) in [5.41, 5.74) is 1.54. The number of fused-ring (bicyclic) bond motifs is 1. The molecular formula is C26H27BrN4O2S. The maximum Gasteiger partial charge on any atom is 0.262 e. The standard InChI is InChI=1S/C26H27BrN4O2S/c1-3-22(30(15-14-28-2)25(32)19-9-11-20(27)12-10-19)23-29-24-21(13-16-34-24)26(33)31(23)17-18-7-5-4-6-8-18/h4-13,16,22,28H,3,14-15,17H2,1-2H3. The smallest absolute Gasteiger partial charge is 0.262 e. The Bertz CT molecular complexity index is 1320. The SMILES string of the molecule is CCC(c1nc2sccc2c(=O)n1Cc1ccccc1)N(CCNC)C(=O)c1ccc(Br)cc1. The van der Waals surface area contributed by atoms with Crippen molar-refractivity contribution >= 4 is 43.4 Å². The number of carbonyl (C=O) groups excluding carboxylic acids is 1. The Balaban J connectivity index is 1.84. The molecule has 0 saturated heterocycles. The van der Waals surface area contributed by atoms with Crippen LogP contribution in [0.15, 0.2) is 75.3 Å². The van der Waals surface area contributed by atoms with Crippen LogP contribution in [-0.2, 0) is 6.54 Å². The van der Waals surface area contributed by atoms with Gasteiger partial charge in [0.2, 0.25) is 0 Å². The van der Waals surface area contributed by atoms with Crippen molar-refractivity contribution in [1.29, 1.82) is 0 Å². The third kappa shape index (κ3) is 5.14. The first-order chi connectivity index (χ1) is 16.5. The maximum absolute atomic E-state index is 13.7. The molecule has 176 valence electrons. The van der Waals surface area contributed by atoms with E-state index in [1.165, 1.54) is 11.3 Å². The van der Waals surface area contributed by atoms with Gasteiger partial charge in [-0.1, -0.05) is 53.2 Å². The van der Waals surface area contributed by atoms with Gasteiger partial charge in [0.25, 0.3) is 11.5 Å². The number of amides is 1. The predicted octanol–water partition coefficient (Wildman–Crippen LogP) is 5.08. The molecule has 2 heterocycles. The first-order valence-corrected chi connectivity index (χ1v) is 12.9. The van der Waals surface area contributed by atoms with E-state index in [1.807, 2.05) is 84.9 Å². The van der Waals surface area contributed by atoms with Crippen LogP contribution in [0.1, 0.15) is 41.1 Å². The van der Waals surface area contributed by atoms with E-state index in [2.05, 4.69) is 21.2 Å². The first kappa shape index (κ1) is 24.3. The zero-order valence-corrected chi connectivity index (χ0v) is 21.6. The summed E-state index contributed by atoms with van der Waals surface area (Å²) in [6.45, 7) is 3.55. The maximum atomic E-state index is 13.7. The van der Waals surface area contributed by atoms with E-state index in [0.29, 0.717) is 47.7 Å². The summed E-state index contributed by atoms with van der Waals surface area (Å²) in [7, 11) is 1.87. The molecule has 2 aromatic heterocycles. The zero-order valence-electron chi connectivity index (χ0n) is 19.2. The lowest BCUT2D eigenvalue weighted by Gasteiger charge is -2.32. The molecule has 4 rings (SSSR count). The summed E-state index contributed by atoms with van der Waals surface area (Å²) in [5, 5.41) is 5.65. The lowest BCUT2D eigenvalue weighted by Crippen LogP contribution is -2.41. The van der Waals surface area contributed by atoms with Gasteiger partial charge in [-0.05, 0) is 54.7 Å². The fourth-order valence-electron chi connectivity index (χ4n) is 4.07. The first-order valence-electron chi connectivity index (χ1n) is 11.3. The van der Waals surface area contributed by atoms with Gasteiger partial charge in [-0.3, -0.25) is 14.2 Å². The third-order valence-corrected chi connectivity index (χ3v) is 7.15. The van der Waals surface area contributed by atoms with Gasteiger partial charge in [0.15, 0.2) is 0 Å². The Morgan fingerprint density at radius 3 is 2.56 bits per heavy atom. The Morgan fingerprint density at radius 2 is 1.88 bits per heavy atom. The summed E-state index contributed by atoms with van der Waals surface area (Å²) in [6, 6.07) is 18.7. The van der Waals surface area contributed by atoms with Crippen molar-refractivity contribution in [2.45, 2.75) is 25.9 Å². The number of hydrogen-bond acceptors (Lipinski definition) is 5. The van der Waals surface area contributed by atoms with Crippen LogP contribution in [0.5, 0.6) is 0 Å². The molecule has 0 spiro atoms. The van der Waals surface area contributed by atoms with Crippen molar-refractivity contribution in [1.82, 2.24) is 19.8 Å². The molecule has 8 heteroatoms. The highest BCUT2D eigenvalue weighted by Gasteiger charge is 2.29. The quantitative estimate of drug-likeness (QED) is 0.322. The van der Waals surface area contributed by atoms with E-state index >= 15 is 0 Å². The lowest BCUT2D eigenvalue weighted by atomic mass is 10.1. The molecule has 0 aliphatic carbocycles. The van der Waals surface area contributed by atoms with Crippen molar-refractivity contribution in [3.05, 3.63) is 97.8 Å². The van der Waals surface area contributed by atoms with Crippen molar-refractivity contribution in [3.8, 4) is 0 Å². The molecule has 6 nitrogen and oxygen atoms in total. The van der Waals surface area contributed by atoms with Gasteiger partial charge < -0.3 is 10.2 Å². The van der Waals surface area contributed by atoms with Gasteiger partial charge in [0.05, 0.1) is 18.0 Å². The van der Waals surface area contributed by atoms with Gasteiger partial charge in [-0.25, -0.2) is 4.98 Å². The molecule has 2 aromatic carbocycles. The second-order valence-corrected chi connectivity index (χ2v) is 9.83. The lowest BCUT2D eigenvalue weighted by molar-refractivity contribution is 0.0660. The fourth-order valence-corrected chi connectivity index (χ4v) is 5.10. The minimum atomic E-state index is -0.354. The average Bonchev–Trinajstić information content (AvgIpc) is 3.33. The van der Waals surface area contributed by atoms with Crippen LogP contribution in [0.25, 0.3) is 10.2 Å². The molecule has 1 amide bonds. The number of hydrogen-bond donors (Lipinski definition) is 1. The molecule has 0 aliphatic heterocycles. The summed E-state index contributed by atoms with van der Waals surface area (Å²) in [6.07, 6.45) is 0.629. The van der Waals surface area contributed by atoms with Crippen LogP contribution in [0, 0.1) is 0 Å². The van der Waals surface area contributed by atoms with E-state index in [-0.39, 0.29) is 17.5 Å². The highest BCUT2D eigenvalue weighted by molar-refractivity contribution is 9.10. The van der Waals surface area contributed by atoms with Crippen LogP contribution in [0.2, 0.25) is 0 Å². The highest BCUT2D eigenvalue weighted by Crippen LogP contribution is 2.27. The zero-order chi connectivity index (χ0) is 24.1. The van der Waals surface area contributed by atoms with Crippen LogP contribution in [0.4, 0.5) is 0 Å². The van der Waals surface area contributed by atoms with Crippen molar-refractivity contribution in [2.24, 2.45) is 0 Å². The van der Waals surface area contributed by atoms with E-state index in [1.54, 1.807) is 4.57 Å². The third-order valence-electron chi connectivity index (χ3n) is 5.81. The molecular weight excluding hydrogens is 512 g/mol. The molecule has 4 aromatic rings. The number of benzene rings is 2. The molecule has 0 radical (unpaired) electrons. The van der Waals surface area contributed by atoms with Gasteiger partial charge in [0.1, 0.15) is 10.7 Å². The molecule has 0 aliphatic rings. The van der Waals surface area contributed by atoms with Crippen LogP contribution >= 0.6 is 27.3 Å². The van der Waals surface area contributed by atoms with E-state index in [0.717, 1.165) is 10.0 Å². The number of aromatic nitrogens is 2. The second kappa shape index (κ2) is 11.1. The molecule has 1 atom stereocenters. The van der Waals surface area contributed by atoms with E-state index in [4.69, 9.17) is 4.98 Å². The second-order valence-electron chi connectivity index (χ2n) is 8.02. The summed E-state index contributed by atoms with van der Waals surface area (Å²) >= 11 is 4.89. The van der Waals surface area contributed by atoms with E-state index < -0.39 is 0 Å². The Kier molecular flexibility index (Phi) is 7.92. The minimum absolute atomic E-state index is 0.0757. The summed E-state index contributed by atoms with van der Waals surface area (Å²) in [5.74, 6) is 0.536. The van der Waals surface area contributed by atoms with Crippen molar-refractivity contribution in [3.63, 3.8) is 0 Å². The van der Waals surface area contributed by atoms with Gasteiger partial charge in [-0.15, -0.1) is 11.3 Å². The van der Waals surface area contributed by atoms with Crippen molar-refractivity contribution in [2.75, 3.05) is 20.1 Å². The van der Waals surface area contributed by atoms with Crippen LogP contribution < -0.4 is 10.9 Å². The number of carbonyl (C=O) groups is 1. The topological polar surface area (TPSA) is 67.2 Å².